The van der Waals surface area contributed by atoms with Gasteiger partial charge < -0.3 is 10.2 Å². The van der Waals surface area contributed by atoms with Crippen LogP contribution in [0.4, 0.5) is 11.4 Å². The molecule has 0 saturated carbocycles. The molecule has 1 aromatic rings. The van der Waals surface area contributed by atoms with Crippen molar-refractivity contribution in [2.45, 2.75) is 40.5 Å². The second-order valence-corrected chi connectivity index (χ2v) is 6.03. The maximum Gasteiger partial charge on any atom is 0.229 e. The van der Waals surface area contributed by atoms with Crippen molar-refractivity contribution in [3.63, 3.8) is 0 Å². The minimum absolute atomic E-state index is 0.0413. The molecule has 1 rings (SSSR count). The fraction of sp³-hybridized carbons (Fsp3) is 0.562. The molecule has 0 heterocycles. The Kier molecular flexibility index (Phi) is 5.40. The van der Waals surface area contributed by atoms with Gasteiger partial charge in [0, 0.05) is 30.4 Å². The molecule has 0 unspecified atom stereocenters. The Balaban J connectivity index is 2.64. The second kappa shape index (κ2) is 6.60. The zero-order chi connectivity index (χ0) is 14.5. The number of carbonyl (C=O) groups is 1. The quantitative estimate of drug-likeness (QED) is 0.872. The first-order chi connectivity index (χ1) is 8.84. The second-order valence-electron chi connectivity index (χ2n) is 6.03. The van der Waals surface area contributed by atoms with Crippen molar-refractivity contribution < 1.29 is 4.79 Å². The molecule has 0 aliphatic heterocycles. The largest absolute Gasteiger partial charge is 0.375 e. The summed E-state index contributed by atoms with van der Waals surface area (Å²) < 4.78 is 0. The number of anilines is 2. The lowest BCUT2D eigenvalue weighted by atomic mass is 9.95. The highest BCUT2D eigenvalue weighted by molar-refractivity contribution is 5.94. The lowest BCUT2D eigenvalue weighted by molar-refractivity contribution is -0.123. The lowest BCUT2D eigenvalue weighted by Gasteiger charge is -2.20. The van der Waals surface area contributed by atoms with Crippen molar-refractivity contribution in [1.29, 1.82) is 0 Å². The van der Waals surface area contributed by atoms with Gasteiger partial charge in [0.15, 0.2) is 0 Å². The highest BCUT2D eigenvalue weighted by atomic mass is 16.2. The van der Waals surface area contributed by atoms with E-state index in [-0.39, 0.29) is 11.3 Å². The van der Waals surface area contributed by atoms with Crippen LogP contribution in [0.3, 0.4) is 0 Å². The van der Waals surface area contributed by atoms with Gasteiger partial charge in [-0.2, -0.15) is 0 Å². The number of rotatable bonds is 5. The Morgan fingerprint density at radius 3 is 2.26 bits per heavy atom. The van der Waals surface area contributed by atoms with E-state index in [1.54, 1.807) is 0 Å². The first-order valence-corrected chi connectivity index (χ1v) is 6.97. The summed E-state index contributed by atoms with van der Waals surface area (Å²) in [6, 6.07) is 8.02. The van der Waals surface area contributed by atoms with E-state index in [4.69, 9.17) is 0 Å². The molecule has 0 aromatic heterocycles. The van der Waals surface area contributed by atoms with Crippen molar-refractivity contribution in [2.75, 3.05) is 23.8 Å². The smallest absolute Gasteiger partial charge is 0.229 e. The molecule has 0 radical (unpaired) electrons. The van der Waals surface area contributed by atoms with Crippen LogP contribution in [-0.4, -0.2) is 19.5 Å². The van der Waals surface area contributed by atoms with Gasteiger partial charge in [0.1, 0.15) is 0 Å². The molecule has 19 heavy (non-hydrogen) atoms. The molecule has 1 amide bonds. The average Bonchev–Trinajstić information content (AvgIpc) is 2.35. The van der Waals surface area contributed by atoms with Crippen LogP contribution >= 0.6 is 0 Å². The number of hydrogen-bond donors (Lipinski definition) is 1. The molecule has 0 spiro atoms. The molecule has 0 fully saturated rings. The van der Waals surface area contributed by atoms with Gasteiger partial charge in [-0.3, -0.25) is 4.79 Å². The third-order valence-electron chi connectivity index (χ3n) is 3.09. The maximum absolute atomic E-state index is 11.9. The Hall–Kier alpha value is -1.51. The number of nitrogens with zero attached hydrogens (tertiary/aromatic N) is 1. The molecule has 0 saturated heterocycles. The molecular formula is C16H26N2O. The van der Waals surface area contributed by atoms with Gasteiger partial charge in [-0.05, 0) is 30.7 Å². The molecule has 3 nitrogen and oxygen atoms in total. The number of unbranched alkanes of at least 4 members (excludes halogenated alkanes) is 1. The van der Waals surface area contributed by atoms with Crippen LogP contribution in [0.1, 0.15) is 40.5 Å². The van der Waals surface area contributed by atoms with E-state index in [1.165, 1.54) is 18.5 Å². The third kappa shape index (κ3) is 4.93. The fourth-order valence-electron chi connectivity index (χ4n) is 1.64. The summed E-state index contributed by atoms with van der Waals surface area (Å²) >= 11 is 0. The number of amides is 1. The van der Waals surface area contributed by atoms with Crippen molar-refractivity contribution in [3.05, 3.63) is 24.3 Å². The number of hydrogen-bond acceptors (Lipinski definition) is 2. The minimum Gasteiger partial charge on any atom is -0.375 e. The lowest BCUT2D eigenvalue weighted by Crippen LogP contribution is -2.27. The van der Waals surface area contributed by atoms with Gasteiger partial charge >= 0.3 is 0 Å². The average molecular weight is 262 g/mol. The van der Waals surface area contributed by atoms with Gasteiger partial charge in [0.05, 0.1) is 0 Å². The van der Waals surface area contributed by atoms with Crippen LogP contribution in [-0.2, 0) is 4.79 Å². The summed E-state index contributed by atoms with van der Waals surface area (Å²) in [7, 11) is 2.10. The molecule has 106 valence electrons. The first kappa shape index (κ1) is 15.5. The van der Waals surface area contributed by atoms with E-state index in [2.05, 4.69) is 24.2 Å². The zero-order valence-corrected chi connectivity index (χ0v) is 12.8. The third-order valence-corrected chi connectivity index (χ3v) is 3.09. The van der Waals surface area contributed by atoms with Crippen molar-refractivity contribution in [2.24, 2.45) is 5.41 Å². The summed E-state index contributed by atoms with van der Waals surface area (Å²) in [6.45, 7) is 8.99. The fourth-order valence-corrected chi connectivity index (χ4v) is 1.64. The van der Waals surface area contributed by atoms with Crippen LogP contribution in [0.5, 0.6) is 0 Å². The Bertz CT molecular complexity index is 404. The van der Waals surface area contributed by atoms with Crippen LogP contribution in [0.2, 0.25) is 0 Å². The van der Waals surface area contributed by atoms with Crippen molar-refractivity contribution in [1.82, 2.24) is 0 Å². The minimum atomic E-state index is -0.364. The van der Waals surface area contributed by atoms with Gasteiger partial charge in [-0.15, -0.1) is 0 Å². The summed E-state index contributed by atoms with van der Waals surface area (Å²) in [5, 5.41) is 2.93. The van der Waals surface area contributed by atoms with Gasteiger partial charge in [0.2, 0.25) is 5.91 Å². The number of carbonyl (C=O) groups excluding carboxylic acids is 1. The van der Waals surface area contributed by atoms with E-state index in [0.717, 1.165) is 12.2 Å². The van der Waals surface area contributed by atoms with Crippen LogP contribution in [0, 0.1) is 5.41 Å². The van der Waals surface area contributed by atoms with E-state index >= 15 is 0 Å². The molecule has 1 N–H and O–H groups in total. The van der Waals surface area contributed by atoms with Crippen molar-refractivity contribution in [3.8, 4) is 0 Å². The summed E-state index contributed by atoms with van der Waals surface area (Å²) in [6.07, 6.45) is 2.39. The standard InChI is InChI=1S/C16H26N2O/c1-6-7-12-18(5)14-10-8-13(9-11-14)17-15(19)16(2,3)4/h8-11H,6-7,12H2,1-5H3,(H,17,19). The summed E-state index contributed by atoms with van der Waals surface area (Å²) in [4.78, 5) is 14.1. The predicted octanol–water partition coefficient (Wildman–Crippen LogP) is 3.91. The van der Waals surface area contributed by atoms with E-state index in [0.29, 0.717) is 0 Å². The van der Waals surface area contributed by atoms with Crippen LogP contribution < -0.4 is 10.2 Å². The van der Waals surface area contributed by atoms with Gasteiger partial charge in [0.25, 0.3) is 0 Å². The molecule has 0 aliphatic carbocycles. The Labute approximate surface area is 117 Å². The van der Waals surface area contributed by atoms with Crippen LogP contribution in [0.25, 0.3) is 0 Å². The first-order valence-electron chi connectivity index (χ1n) is 6.97. The van der Waals surface area contributed by atoms with E-state index in [1.807, 2.05) is 45.0 Å². The SMILES string of the molecule is CCCCN(C)c1ccc(NC(=O)C(C)(C)C)cc1. The zero-order valence-electron chi connectivity index (χ0n) is 12.8. The molecule has 0 atom stereocenters. The summed E-state index contributed by atoms with van der Waals surface area (Å²) in [5.41, 5.74) is 1.67. The number of benzene rings is 1. The normalized spacial score (nSPS) is 11.2. The van der Waals surface area contributed by atoms with Crippen LogP contribution in [0.15, 0.2) is 24.3 Å². The molecule has 0 aliphatic rings. The monoisotopic (exact) mass is 262 g/mol. The van der Waals surface area contributed by atoms with Gasteiger partial charge in [-0.1, -0.05) is 34.1 Å². The Morgan fingerprint density at radius 2 is 1.79 bits per heavy atom. The summed E-state index contributed by atoms with van der Waals surface area (Å²) in [5.74, 6) is 0.0413. The highest BCUT2D eigenvalue weighted by Gasteiger charge is 2.20. The highest BCUT2D eigenvalue weighted by Crippen LogP contribution is 2.20. The Morgan fingerprint density at radius 1 is 1.21 bits per heavy atom. The van der Waals surface area contributed by atoms with Crippen molar-refractivity contribution >= 4 is 17.3 Å². The van der Waals surface area contributed by atoms with Gasteiger partial charge in [-0.25, -0.2) is 0 Å². The maximum atomic E-state index is 11.9. The molecule has 1 aromatic carbocycles. The predicted molar refractivity (Wildman–Crippen MR) is 82.7 cm³/mol. The number of nitrogens with one attached hydrogen (secondary N) is 1. The van der Waals surface area contributed by atoms with E-state index in [9.17, 15) is 4.79 Å². The molecular weight excluding hydrogens is 236 g/mol. The molecule has 3 heteroatoms. The van der Waals surface area contributed by atoms with E-state index < -0.39 is 0 Å². The molecule has 0 bridgehead atoms. The topological polar surface area (TPSA) is 32.3 Å².